The van der Waals surface area contributed by atoms with Crippen LogP contribution in [0.3, 0.4) is 0 Å². The maximum absolute atomic E-state index is 12.5. The second-order valence-corrected chi connectivity index (χ2v) is 8.54. The minimum absolute atomic E-state index is 0.270. The molecule has 3 rings (SSSR count). The quantitative estimate of drug-likeness (QED) is 0.735. The molecule has 2 aromatic carbocycles. The van der Waals surface area contributed by atoms with Crippen molar-refractivity contribution in [3.63, 3.8) is 0 Å². The average molecular weight is 404 g/mol. The van der Waals surface area contributed by atoms with Crippen molar-refractivity contribution in [2.45, 2.75) is 31.8 Å². The predicted molar refractivity (Wildman–Crippen MR) is 109 cm³/mol. The lowest BCUT2D eigenvalue weighted by atomic mass is 10.2. The van der Waals surface area contributed by atoms with E-state index in [-0.39, 0.29) is 12.0 Å². The first kappa shape index (κ1) is 20.0. The van der Waals surface area contributed by atoms with Crippen molar-refractivity contribution < 1.29 is 22.7 Å². The van der Waals surface area contributed by atoms with Crippen molar-refractivity contribution in [1.82, 2.24) is 0 Å². The number of hydrogen-bond donors (Lipinski definition) is 2. The third-order valence-electron chi connectivity index (χ3n) is 4.48. The van der Waals surface area contributed by atoms with Crippen molar-refractivity contribution in [3.8, 4) is 11.5 Å². The van der Waals surface area contributed by atoms with Gasteiger partial charge in [-0.1, -0.05) is 0 Å². The second kappa shape index (κ2) is 8.52. The Labute approximate surface area is 165 Å². The summed E-state index contributed by atoms with van der Waals surface area (Å²) in [4.78, 5) is 12.5. The highest BCUT2D eigenvalue weighted by atomic mass is 32.2. The highest BCUT2D eigenvalue weighted by molar-refractivity contribution is 7.92. The normalized spacial score (nSPS) is 14.5. The number of carbonyl (C=O) groups excluding carboxylic acids is 1. The van der Waals surface area contributed by atoms with Gasteiger partial charge in [0.25, 0.3) is 5.91 Å². The Kier molecular flexibility index (Phi) is 6.08. The first-order valence-electron chi connectivity index (χ1n) is 9.08. The number of sulfonamides is 1. The minimum atomic E-state index is -3.43. The van der Waals surface area contributed by atoms with E-state index in [1.54, 1.807) is 36.4 Å². The summed E-state index contributed by atoms with van der Waals surface area (Å²) < 4.78 is 36.3. The van der Waals surface area contributed by atoms with E-state index in [2.05, 4.69) is 10.0 Å². The molecule has 0 atom stereocenters. The molecule has 0 spiro atoms. The first-order valence-corrected chi connectivity index (χ1v) is 11.0. The SMILES string of the molecule is COc1cc(NC(=O)c2ccc(OC3CCCC3)cc2)ccc1NS(C)(=O)=O. The number of benzene rings is 2. The Morgan fingerprint density at radius 1 is 1.07 bits per heavy atom. The van der Waals surface area contributed by atoms with Crippen LogP contribution in [0.25, 0.3) is 0 Å². The Hall–Kier alpha value is -2.74. The highest BCUT2D eigenvalue weighted by Crippen LogP contribution is 2.29. The molecule has 1 fully saturated rings. The van der Waals surface area contributed by atoms with Crippen LogP contribution in [-0.4, -0.2) is 33.8 Å². The molecule has 28 heavy (non-hydrogen) atoms. The van der Waals surface area contributed by atoms with E-state index in [1.807, 2.05) is 0 Å². The van der Waals surface area contributed by atoms with Crippen LogP contribution >= 0.6 is 0 Å². The zero-order valence-electron chi connectivity index (χ0n) is 15.9. The first-order chi connectivity index (χ1) is 13.3. The van der Waals surface area contributed by atoms with Crippen LogP contribution in [-0.2, 0) is 10.0 Å². The lowest BCUT2D eigenvalue weighted by Crippen LogP contribution is -2.14. The van der Waals surface area contributed by atoms with Crippen molar-refractivity contribution >= 4 is 27.3 Å². The summed E-state index contributed by atoms with van der Waals surface area (Å²) in [7, 11) is -2.00. The lowest BCUT2D eigenvalue weighted by molar-refractivity contribution is 0.102. The van der Waals surface area contributed by atoms with Gasteiger partial charge in [0, 0.05) is 17.3 Å². The van der Waals surface area contributed by atoms with Crippen LogP contribution in [0.1, 0.15) is 36.0 Å². The molecule has 1 aliphatic carbocycles. The maximum Gasteiger partial charge on any atom is 0.255 e. The number of hydrogen-bond acceptors (Lipinski definition) is 5. The van der Waals surface area contributed by atoms with E-state index >= 15 is 0 Å². The Bertz CT molecular complexity index is 936. The van der Waals surface area contributed by atoms with Crippen molar-refractivity contribution in [1.29, 1.82) is 0 Å². The van der Waals surface area contributed by atoms with Gasteiger partial charge in [-0.3, -0.25) is 9.52 Å². The molecule has 1 aliphatic rings. The van der Waals surface area contributed by atoms with Gasteiger partial charge < -0.3 is 14.8 Å². The Morgan fingerprint density at radius 2 is 1.75 bits per heavy atom. The molecule has 7 nitrogen and oxygen atoms in total. The van der Waals surface area contributed by atoms with Crippen LogP contribution < -0.4 is 19.5 Å². The van der Waals surface area contributed by atoms with Gasteiger partial charge in [0.2, 0.25) is 10.0 Å². The van der Waals surface area contributed by atoms with E-state index in [0.29, 0.717) is 22.7 Å². The summed E-state index contributed by atoms with van der Waals surface area (Å²) in [5.41, 5.74) is 1.29. The van der Waals surface area contributed by atoms with Crippen molar-refractivity contribution in [2.75, 3.05) is 23.4 Å². The number of methoxy groups -OCH3 is 1. The van der Waals surface area contributed by atoms with Gasteiger partial charge in [0.1, 0.15) is 11.5 Å². The highest BCUT2D eigenvalue weighted by Gasteiger charge is 2.17. The van der Waals surface area contributed by atoms with Gasteiger partial charge in [-0.2, -0.15) is 0 Å². The van der Waals surface area contributed by atoms with E-state index in [9.17, 15) is 13.2 Å². The fourth-order valence-electron chi connectivity index (χ4n) is 3.14. The predicted octanol–water partition coefficient (Wildman–Crippen LogP) is 3.64. The summed E-state index contributed by atoms with van der Waals surface area (Å²) in [5.74, 6) is 0.795. The number of anilines is 2. The zero-order chi connectivity index (χ0) is 20.1. The van der Waals surface area contributed by atoms with Gasteiger partial charge in [-0.15, -0.1) is 0 Å². The summed E-state index contributed by atoms with van der Waals surface area (Å²) in [6.45, 7) is 0. The molecule has 0 aromatic heterocycles. The van der Waals surface area contributed by atoms with Crippen LogP contribution in [0.15, 0.2) is 42.5 Å². The standard InChI is InChI=1S/C20H24N2O5S/c1-26-19-13-15(9-12-18(19)22-28(2,24)25)21-20(23)14-7-10-17(11-8-14)27-16-5-3-4-6-16/h7-13,16,22H,3-6H2,1-2H3,(H,21,23). The molecule has 0 saturated heterocycles. The maximum atomic E-state index is 12.5. The van der Waals surface area contributed by atoms with Crippen molar-refractivity contribution in [2.24, 2.45) is 0 Å². The van der Waals surface area contributed by atoms with Gasteiger partial charge in [-0.25, -0.2) is 8.42 Å². The molecule has 0 heterocycles. The third-order valence-corrected chi connectivity index (χ3v) is 5.07. The molecular formula is C20H24N2O5S. The molecule has 150 valence electrons. The van der Waals surface area contributed by atoms with Crippen molar-refractivity contribution in [3.05, 3.63) is 48.0 Å². The molecular weight excluding hydrogens is 380 g/mol. The van der Waals surface area contributed by atoms with E-state index in [0.717, 1.165) is 24.8 Å². The zero-order valence-corrected chi connectivity index (χ0v) is 16.7. The lowest BCUT2D eigenvalue weighted by Gasteiger charge is -2.14. The fraction of sp³-hybridized carbons (Fsp3) is 0.350. The third kappa shape index (κ3) is 5.39. The molecule has 0 aliphatic heterocycles. The monoisotopic (exact) mass is 404 g/mol. The summed E-state index contributed by atoms with van der Waals surface area (Å²) in [6.07, 6.45) is 5.89. The molecule has 2 N–H and O–H groups in total. The van der Waals surface area contributed by atoms with E-state index in [4.69, 9.17) is 9.47 Å². The molecule has 1 amide bonds. The van der Waals surface area contributed by atoms with E-state index < -0.39 is 10.0 Å². The average Bonchev–Trinajstić information content (AvgIpc) is 3.15. The Morgan fingerprint density at radius 3 is 2.36 bits per heavy atom. The topological polar surface area (TPSA) is 93.7 Å². The fourth-order valence-corrected chi connectivity index (χ4v) is 3.71. The van der Waals surface area contributed by atoms with Crippen LogP contribution in [0.5, 0.6) is 11.5 Å². The largest absolute Gasteiger partial charge is 0.494 e. The van der Waals surface area contributed by atoms with E-state index in [1.165, 1.54) is 26.0 Å². The van der Waals surface area contributed by atoms with Crippen LogP contribution in [0, 0.1) is 0 Å². The van der Waals surface area contributed by atoms with Crippen LogP contribution in [0.4, 0.5) is 11.4 Å². The number of carbonyl (C=O) groups is 1. The molecule has 0 unspecified atom stereocenters. The minimum Gasteiger partial charge on any atom is -0.494 e. The summed E-state index contributed by atoms with van der Waals surface area (Å²) in [5, 5.41) is 2.78. The van der Waals surface area contributed by atoms with Gasteiger partial charge in [-0.05, 0) is 62.1 Å². The van der Waals surface area contributed by atoms with Crippen LogP contribution in [0.2, 0.25) is 0 Å². The molecule has 0 radical (unpaired) electrons. The molecule has 1 saturated carbocycles. The Balaban J connectivity index is 1.66. The van der Waals surface area contributed by atoms with Gasteiger partial charge in [0.05, 0.1) is 25.2 Å². The number of ether oxygens (including phenoxy) is 2. The summed E-state index contributed by atoms with van der Waals surface area (Å²) in [6, 6.07) is 11.7. The molecule has 8 heteroatoms. The second-order valence-electron chi connectivity index (χ2n) is 6.79. The summed E-state index contributed by atoms with van der Waals surface area (Å²) >= 11 is 0. The smallest absolute Gasteiger partial charge is 0.255 e. The number of amides is 1. The molecule has 2 aromatic rings. The van der Waals surface area contributed by atoms with Gasteiger partial charge in [0.15, 0.2) is 0 Å². The van der Waals surface area contributed by atoms with Gasteiger partial charge >= 0.3 is 0 Å². The number of rotatable bonds is 7. The number of nitrogens with one attached hydrogen (secondary N) is 2. The molecule has 0 bridgehead atoms.